The molecule has 11 heavy (non-hydrogen) atoms. The van der Waals surface area contributed by atoms with E-state index in [1.807, 2.05) is 24.5 Å². The molecule has 0 amide bonds. The van der Waals surface area contributed by atoms with Gasteiger partial charge in [-0.15, -0.1) is 0 Å². The summed E-state index contributed by atoms with van der Waals surface area (Å²) in [5.74, 6) is 0. The lowest BCUT2D eigenvalue weighted by Crippen LogP contribution is -2.16. The third-order valence-corrected chi connectivity index (χ3v) is 1.96. The summed E-state index contributed by atoms with van der Waals surface area (Å²) in [6.07, 6.45) is 3.66. The van der Waals surface area contributed by atoms with Crippen molar-refractivity contribution in [2.24, 2.45) is 0 Å². The topological polar surface area (TPSA) is 16.1 Å². The molecule has 2 nitrogen and oxygen atoms in total. The van der Waals surface area contributed by atoms with E-state index in [2.05, 4.69) is 30.9 Å². The number of hydrogen-bond acceptors (Lipinski definition) is 2. The number of nitrogens with zero attached hydrogens (tertiary/aromatic N) is 2. The maximum Gasteiger partial charge on any atom is 0.0314 e. The summed E-state index contributed by atoms with van der Waals surface area (Å²) in [5, 5.41) is 0. The van der Waals surface area contributed by atoms with Crippen molar-refractivity contribution in [3.05, 3.63) is 30.1 Å². The number of aromatic nitrogens is 1. The molecular formula is C9H14N2. The van der Waals surface area contributed by atoms with Gasteiger partial charge in [0.1, 0.15) is 0 Å². The van der Waals surface area contributed by atoms with Gasteiger partial charge in [-0.25, -0.2) is 0 Å². The van der Waals surface area contributed by atoms with Gasteiger partial charge in [-0.2, -0.15) is 0 Å². The molecular weight excluding hydrogens is 136 g/mol. The van der Waals surface area contributed by atoms with Gasteiger partial charge in [-0.3, -0.25) is 4.98 Å². The van der Waals surface area contributed by atoms with E-state index in [0.29, 0.717) is 6.04 Å². The van der Waals surface area contributed by atoms with Crippen LogP contribution in [0, 0.1) is 0 Å². The quantitative estimate of drug-likeness (QED) is 0.638. The first kappa shape index (κ1) is 8.21. The maximum atomic E-state index is 3.97. The lowest BCUT2D eigenvalue weighted by molar-refractivity contribution is 0.321. The molecule has 1 rings (SSSR count). The first-order valence-electron chi connectivity index (χ1n) is 3.78. The molecule has 0 fully saturated rings. The van der Waals surface area contributed by atoms with Gasteiger partial charge in [-0.05, 0) is 38.7 Å². The molecule has 0 N–H and O–H groups in total. The van der Waals surface area contributed by atoms with Gasteiger partial charge >= 0.3 is 0 Å². The van der Waals surface area contributed by atoms with E-state index in [-0.39, 0.29) is 0 Å². The van der Waals surface area contributed by atoms with Gasteiger partial charge in [0.25, 0.3) is 0 Å². The van der Waals surface area contributed by atoms with E-state index >= 15 is 0 Å². The predicted molar refractivity (Wildman–Crippen MR) is 46.3 cm³/mol. The highest BCUT2D eigenvalue weighted by Gasteiger charge is 2.05. The summed E-state index contributed by atoms with van der Waals surface area (Å²) in [6.45, 7) is 2.18. The van der Waals surface area contributed by atoms with Gasteiger partial charge in [0.05, 0.1) is 0 Å². The van der Waals surface area contributed by atoms with Crippen LogP contribution in [-0.4, -0.2) is 24.0 Å². The molecule has 0 aliphatic rings. The van der Waals surface area contributed by atoms with Crippen molar-refractivity contribution < 1.29 is 0 Å². The third kappa shape index (κ3) is 2.02. The Hall–Kier alpha value is -0.890. The van der Waals surface area contributed by atoms with E-state index < -0.39 is 0 Å². The molecule has 1 aromatic heterocycles. The Morgan fingerprint density at radius 3 is 2.27 bits per heavy atom. The van der Waals surface area contributed by atoms with Crippen molar-refractivity contribution in [3.63, 3.8) is 0 Å². The third-order valence-electron chi connectivity index (χ3n) is 1.96. The minimum absolute atomic E-state index is 0.470. The largest absolute Gasteiger partial charge is 0.303 e. The Kier molecular flexibility index (Phi) is 2.60. The van der Waals surface area contributed by atoms with Crippen LogP contribution in [0.2, 0.25) is 0 Å². The summed E-state index contributed by atoms with van der Waals surface area (Å²) in [4.78, 5) is 6.14. The lowest BCUT2D eigenvalue weighted by Gasteiger charge is -2.19. The molecule has 1 atom stereocenters. The molecule has 0 aliphatic carbocycles. The maximum absolute atomic E-state index is 3.97. The highest BCUT2D eigenvalue weighted by molar-refractivity contribution is 5.13. The second-order valence-electron chi connectivity index (χ2n) is 2.92. The first-order valence-corrected chi connectivity index (χ1v) is 3.78. The Morgan fingerprint density at radius 2 is 1.82 bits per heavy atom. The van der Waals surface area contributed by atoms with E-state index in [4.69, 9.17) is 0 Å². The zero-order valence-electron chi connectivity index (χ0n) is 7.28. The summed E-state index contributed by atoms with van der Waals surface area (Å²) < 4.78 is 0. The molecule has 0 bridgehead atoms. The molecule has 0 saturated carbocycles. The van der Waals surface area contributed by atoms with Gasteiger partial charge in [0, 0.05) is 18.4 Å². The zero-order valence-corrected chi connectivity index (χ0v) is 7.28. The minimum atomic E-state index is 0.470. The standard InChI is InChI=1S/C9H14N2/c1-8(11(2)3)9-4-6-10-7-5-9/h4-8H,1-3H3. The Labute approximate surface area is 67.9 Å². The fourth-order valence-electron chi connectivity index (χ4n) is 0.940. The average molecular weight is 150 g/mol. The summed E-state index contributed by atoms with van der Waals surface area (Å²) in [5.41, 5.74) is 1.31. The van der Waals surface area contributed by atoms with Gasteiger partial charge in [0.15, 0.2) is 0 Å². The second kappa shape index (κ2) is 3.49. The van der Waals surface area contributed by atoms with Crippen molar-refractivity contribution in [1.82, 2.24) is 9.88 Å². The van der Waals surface area contributed by atoms with Gasteiger partial charge in [0.2, 0.25) is 0 Å². The fraction of sp³-hybridized carbons (Fsp3) is 0.444. The Bertz CT molecular complexity index is 206. The molecule has 0 aromatic carbocycles. The van der Waals surface area contributed by atoms with E-state index in [9.17, 15) is 0 Å². The minimum Gasteiger partial charge on any atom is -0.303 e. The van der Waals surface area contributed by atoms with Crippen LogP contribution in [0.4, 0.5) is 0 Å². The van der Waals surface area contributed by atoms with Crippen LogP contribution < -0.4 is 0 Å². The van der Waals surface area contributed by atoms with E-state index in [1.165, 1.54) is 5.56 Å². The smallest absolute Gasteiger partial charge is 0.0314 e. The average Bonchev–Trinajstić information content (AvgIpc) is 2.05. The number of hydrogen-bond donors (Lipinski definition) is 0. The van der Waals surface area contributed by atoms with Gasteiger partial charge in [-0.1, -0.05) is 0 Å². The zero-order chi connectivity index (χ0) is 8.27. The molecule has 60 valence electrons. The summed E-state index contributed by atoms with van der Waals surface area (Å²) in [6, 6.07) is 4.56. The summed E-state index contributed by atoms with van der Waals surface area (Å²) in [7, 11) is 4.15. The number of pyridine rings is 1. The highest BCUT2D eigenvalue weighted by Crippen LogP contribution is 2.14. The van der Waals surface area contributed by atoms with Crippen LogP contribution in [0.15, 0.2) is 24.5 Å². The molecule has 1 heterocycles. The Balaban J connectivity index is 2.77. The summed E-state index contributed by atoms with van der Waals surface area (Å²) >= 11 is 0. The van der Waals surface area contributed by atoms with Crippen LogP contribution in [0.1, 0.15) is 18.5 Å². The van der Waals surface area contributed by atoms with Crippen LogP contribution >= 0.6 is 0 Å². The fourth-order valence-corrected chi connectivity index (χ4v) is 0.940. The van der Waals surface area contributed by atoms with Crippen molar-refractivity contribution in [2.75, 3.05) is 14.1 Å². The molecule has 2 heteroatoms. The van der Waals surface area contributed by atoms with Crippen molar-refractivity contribution in [2.45, 2.75) is 13.0 Å². The molecule has 1 unspecified atom stereocenters. The van der Waals surface area contributed by atoms with E-state index in [0.717, 1.165) is 0 Å². The molecule has 0 radical (unpaired) electrons. The molecule has 0 saturated heterocycles. The first-order chi connectivity index (χ1) is 5.22. The molecule has 0 spiro atoms. The second-order valence-corrected chi connectivity index (χ2v) is 2.92. The van der Waals surface area contributed by atoms with Crippen LogP contribution in [0.3, 0.4) is 0 Å². The highest BCUT2D eigenvalue weighted by atomic mass is 15.1. The van der Waals surface area contributed by atoms with Crippen molar-refractivity contribution >= 4 is 0 Å². The SMILES string of the molecule is CC(c1ccncc1)N(C)C. The lowest BCUT2D eigenvalue weighted by atomic mass is 10.1. The van der Waals surface area contributed by atoms with Crippen LogP contribution in [0.25, 0.3) is 0 Å². The van der Waals surface area contributed by atoms with E-state index in [1.54, 1.807) is 0 Å². The van der Waals surface area contributed by atoms with Gasteiger partial charge < -0.3 is 4.90 Å². The van der Waals surface area contributed by atoms with Crippen molar-refractivity contribution in [1.29, 1.82) is 0 Å². The normalized spacial score (nSPS) is 13.5. The predicted octanol–water partition coefficient (Wildman–Crippen LogP) is 1.70. The number of rotatable bonds is 2. The molecule has 1 aromatic rings. The van der Waals surface area contributed by atoms with Crippen LogP contribution in [0.5, 0.6) is 0 Å². The van der Waals surface area contributed by atoms with Crippen LogP contribution in [-0.2, 0) is 0 Å². The molecule has 0 aliphatic heterocycles. The van der Waals surface area contributed by atoms with Crippen molar-refractivity contribution in [3.8, 4) is 0 Å². The Morgan fingerprint density at radius 1 is 1.27 bits per heavy atom. The monoisotopic (exact) mass is 150 g/mol.